The van der Waals surface area contributed by atoms with Gasteiger partial charge >= 0.3 is 0 Å². The van der Waals surface area contributed by atoms with Gasteiger partial charge in [0.25, 0.3) is 0 Å². The molecule has 0 aromatic rings. The van der Waals surface area contributed by atoms with Crippen molar-refractivity contribution in [2.24, 2.45) is 10.9 Å². The topological polar surface area (TPSA) is 29.4 Å². The summed E-state index contributed by atoms with van der Waals surface area (Å²) in [5.74, 6) is 0.653. The molecule has 1 unspecified atom stereocenters. The predicted molar refractivity (Wildman–Crippen MR) is 80.2 cm³/mol. The third-order valence-electron chi connectivity index (χ3n) is 2.65. The van der Waals surface area contributed by atoms with Crippen molar-refractivity contribution >= 4 is 11.5 Å². The number of ketones is 1. The van der Waals surface area contributed by atoms with Gasteiger partial charge in [-0.05, 0) is 45.6 Å². The summed E-state index contributed by atoms with van der Waals surface area (Å²) >= 11 is 0. The Labute approximate surface area is 112 Å². The Bertz CT molecular complexity index is 357. The molecule has 0 aromatic heterocycles. The van der Waals surface area contributed by atoms with Gasteiger partial charge in [0.2, 0.25) is 0 Å². The average molecular weight is 249 g/mol. The predicted octanol–water partition coefficient (Wildman–Crippen LogP) is 4.37. The van der Waals surface area contributed by atoms with Gasteiger partial charge in [-0.3, -0.25) is 9.79 Å². The molecule has 1 atom stereocenters. The SMILES string of the molecule is CCCC(=O)C(/C=C(\C)CC(C)C=C(C)C)=N/C. The number of aliphatic imine (C=N–C) groups is 1. The van der Waals surface area contributed by atoms with E-state index in [4.69, 9.17) is 0 Å². The second-order valence-corrected chi connectivity index (χ2v) is 5.20. The fourth-order valence-corrected chi connectivity index (χ4v) is 2.05. The Hall–Kier alpha value is -1.18. The van der Waals surface area contributed by atoms with Crippen LogP contribution in [0, 0.1) is 5.92 Å². The van der Waals surface area contributed by atoms with Crippen molar-refractivity contribution in [1.82, 2.24) is 0 Å². The van der Waals surface area contributed by atoms with E-state index in [0.717, 1.165) is 12.8 Å². The van der Waals surface area contributed by atoms with Gasteiger partial charge in [-0.25, -0.2) is 0 Å². The molecule has 0 aliphatic rings. The molecule has 0 radical (unpaired) electrons. The van der Waals surface area contributed by atoms with Gasteiger partial charge in [-0.15, -0.1) is 0 Å². The van der Waals surface area contributed by atoms with E-state index in [-0.39, 0.29) is 5.78 Å². The Morgan fingerprint density at radius 1 is 1.28 bits per heavy atom. The molecule has 0 bridgehead atoms. The molecule has 0 amide bonds. The van der Waals surface area contributed by atoms with Crippen LogP contribution in [0.25, 0.3) is 0 Å². The molecule has 2 heteroatoms. The molecule has 0 fully saturated rings. The first-order valence-electron chi connectivity index (χ1n) is 6.72. The first-order valence-corrected chi connectivity index (χ1v) is 6.72. The van der Waals surface area contributed by atoms with Crippen LogP contribution in [0.4, 0.5) is 0 Å². The zero-order valence-electron chi connectivity index (χ0n) is 12.7. The normalized spacial score (nSPS) is 14.3. The molecule has 0 saturated heterocycles. The van der Waals surface area contributed by atoms with Gasteiger partial charge in [-0.2, -0.15) is 0 Å². The van der Waals surface area contributed by atoms with E-state index in [2.05, 4.69) is 38.8 Å². The highest BCUT2D eigenvalue weighted by atomic mass is 16.1. The van der Waals surface area contributed by atoms with Crippen LogP contribution in [-0.4, -0.2) is 18.5 Å². The van der Waals surface area contributed by atoms with Crippen LogP contribution in [-0.2, 0) is 4.79 Å². The smallest absolute Gasteiger partial charge is 0.180 e. The lowest BCUT2D eigenvalue weighted by Gasteiger charge is -2.08. The molecule has 0 rings (SSSR count). The third-order valence-corrected chi connectivity index (χ3v) is 2.65. The van der Waals surface area contributed by atoms with Crippen LogP contribution in [0.1, 0.15) is 53.9 Å². The first kappa shape index (κ1) is 16.8. The van der Waals surface area contributed by atoms with Crippen LogP contribution in [0.5, 0.6) is 0 Å². The summed E-state index contributed by atoms with van der Waals surface area (Å²) in [6.45, 7) is 10.5. The summed E-state index contributed by atoms with van der Waals surface area (Å²) in [5, 5.41) is 0. The minimum atomic E-state index is 0.147. The lowest BCUT2D eigenvalue weighted by atomic mass is 9.98. The van der Waals surface area contributed by atoms with E-state index in [9.17, 15) is 4.79 Å². The lowest BCUT2D eigenvalue weighted by Crippen LogP contribution is -2.11. The van der Waals surface area contributed by atoms with Crippen LogP contribution in [0.3, 0.4) is 0 Å². The number of carbonyl (C=O) groups excluding carboxylic acids is 1. The molecule has 0 saturated carbocycles. The standard InChI is InChI=1S/C16H27NO/c1-7-8-16(18)15(17-6)11-14(5)10-13(4)9-12(2)3/h9,11,13H,7-8,10H2,1-6H3/b14-11+,17-15+. The highest BCUT2D eigenvalue weighted by molar-refractivity contribution is 6.44. The number of carbonyl (C=O) groups is 1. The Morgan fingerprint density at radius 2 is 1.89 bits per heavy atom. The molecule has 18 heavy (non-hydrogen) atoms. The number of hydrogen-bond donors (Lipinski definition) is 0. The Kier molecular flexibility index (Phi) is 8.27. The fraction of sp³-hybridized carbons (Fsp3) is 0.625. The maximum atomic E-state index is 11.8. The van der Waals surface area contributed by atoms with Gasteiger partial charge in [0.15, 0.2) is 5.78 Å². The van der Waals surface area contributed by atoms with E-state index in [1.54, 1.807) is 7.05 Å². The summed E-state index contributed by atoms with van der Waals surface area (Å²) < 4.78 is 0. The van der Waals surface area contributed by atoms with E-state index in [1.807, 2.05) is 13.0 Å². The molecular formula is C16H27NO. The van der Waals surface area contributed by atoms with Gasteiger partial charge in [0, 0.05) is 13.5 Å². The quantitative estimate of drug-likeness (QED) is 0.487. The monoisotopic (exact) mass is 249 g/mol. The number of hydrogen-bond acceptors (Lipinski definition) is 2. The summed E-state index contributed by atoms with van der Waals surface area (Å²) in [6, 6.07) is 0. The van der Waals surface area contributed by atoms with Crippen LogP contribution >= 0.6 is 0 Å². The highest BCUT2D eigenvalue weighted by Crippen LogP contribution is 2.14. The van der Waals surface area contributed by atoms with Crippen LogP contribution in [0.15, 0.2) is 28.3 Å². The minimum Gasteiger partial charge on any atom is -0.292 e. The first-order chi connectivity index (χ1) is 8.40. The fourth-order valence-electron chi connectivity index (χ4n) is 2.05. The summed E-state index contributed by atoms with van der Waals surface area (Å²) in [7, 11) is 1.69. The summed E-state index contributed by atoms with van der Waals surface area (Å²) in [6.07, 6.45) is 6.63. The van der Waals surface area contributed by atoms with E-state index in [1.165, 1.54) is 11.1 Å². The van der Waals surface area contributed by atoms with Crippen LogP contribution in [0.2, 0.25) is 0 Å². The van der Waals surface area contributed by atoms with E-state index >= 15 is 0 Å². The maximum absolute atomic E-state index is 11.8. The van der Waals surface area contributed by atoms with Crippen molar-refractivity contribution in [3.05, 3.63) is 23.3 Å². The van der Waals surface area contributed by atoms with Crippen molar-refractivity contribution < 1.29 is 4.79 Å². The Morgan fingerprint density at radius 3 is 2.33 bits per heavy atom. The molecular weight excluding hydrogens is 222 g/mol. The number of Topliss-reactive ketones (excluding diaryl/α,β-unsaturated/α-hetero) is 1. The molecule has 0 aromatic carbocycles. The van der Waals surface area contributed by atoms with E-state index < -0.39 is 0 Å². The zero-order chi connectivity index (χ0) is 14.1. The maximum Gasteiger partial charge on any atom is 0.180 e. The molecule has 0 spiro atoms. The molecule has 2 nitrogen and oxygen atoms in total. The van der Waals surface area contributed by atoms with Gasteiger partial charge in [-0.1, -0.05) is 31.1 Å². The highest BCUT2D eigenvalue weighted by Gasteiger charge is 2.08. The largest absolute Gasteiger partial charge is 0.292 e. The van der Waals surface area contributed by atoms with Crippen molar-refractivity contribution in [3.8, 4) is 0 Å². The number of rotatable bonds is 7. The van der Waals surface area contributed by atoms with Gasteiger partial charge in [0.1, 0.15) is 0 Å². The number of nitrogens with zero attached hydrogens (tertiary/aromatic N) is 1. The van der Waals surface area contributed by atoms with E-state index in [0.29, 0.717) is 18.1 Å². The summed E-state index contributed by atoms with van der Waals surface area (Å²) in [4.78, 5) is 15.9. The number of allylic oxidation sites excluding steroid dienone is 4. The lowest BCUT2D eigenvalue weighted by molar-refractivity contribution is -0.112. The zero-order valence-corrected chi connectivity index (χ0v) is 12.7. The second-order valence-electron chi connectivity index (χ2n) is 5.20. The van der Waals surface area contributed by atoms with Gasteiger partial charge in [0.05, 0.1) is 5.71 Å². The Balaban J connectivity index is 4.65. The molecule has 0 N–H and O–H groups in total. The second kappa shape index (κ2) is 8.84. The molecule has 102 valence electrons. The average Bonchev–Trinajstić information content (AvgIpc) is 2.24. The third kappa shape index (κ3) is 7.21. The minimum absolute atomic E-state index is 0.147. The van der Waals surface area contributed by atoms with Crippen LogP contribution < -0.4 is 0 Å². The van der Waals surface area contributed by atoms with Crippen molar-refractivity contribution in [2.45, 2.75) is 53.9 Å². The summed E-state index contributed by atoms with van der Waals surface area (Å²) in [5.41, 5.74) is 3.16. The molecule has 0 heterocycles. The van der Waals surface area contributed by atoms with Crippen molar-refractivity contribution in [3.63, 3.8) is 0 Å². The molecule has 0 aliphatic carbocycles. The molecule has 0 aliphatic heterocycles. The van der Waals surface area contributed by atoms with Gasteiger partial charge < -0.3 is 0 Å². The van der Waals surface area contributed by atoms with Crippen molar-refractivity contribution in [1.29, 1.82) is 0 Å². The van der Waals surface area contributed by atoms with Crippen molar-refractivity contribution in [2.75, 3.05) is 7.05 Å².